The lowest BCUT2D eigenvalue weighted by molar-refractivity contribution is -0.138. The molecule has 2 aliphatic rings. The van der Waals surface area contributed by atoms with E-state index in [4.69, 9.17) is 38.2 Å². The maximum Gasteiger partial charge on any atom is 0.274 e. The molecule has 368 valence electrons. The van der Waals surface area contributed by atoms with Crippen molar-refractivity contribution in [1.82, 2.24) is 39.9 Å². The Morgan fingerprint density at radius 3 is 2.24 bits per heavy atom. The van der Waals surface area contributed by atoms with Gasteiger partial charge in [0, 0.05) is 105 Å². The number of carbonyl (C=O) groups excluding carboxylic acids is 3. The summed E-state index contributed by atoms with van der Waals surface area (Å²) in [5.41, 5.74) is 11.1. The Morgan fingerprint density at radius 2 is 1.57 bits per heavy atom. The first kappa shape index (κ1) is 49.7. The van der Waals surface area contributed by atoms with E-state index in [0.29, 0.717) is 98.6 Å². The number of phenolic OH excluding ortho intramolecular Hbond substituents is 2. The first-order chi connectivity index (χ1) is 33.6. The van der Waals surface area contributed by atoms with Crippen LogP contribution in [0.25, 0.3) is 33.6 Å². The molecule has 8 rings (SSSR count). The Kier molecular flexibility index (Phi) is 15.3. The second-order valence-corrected chi connectivity index (χ2v) is 18.8. The predicted molar refractivity (Wildman–Crippen MR) is 264 cm³/mol. The molecule has 0 saturated carbocycles. The number of hydrogen-bond donors (Lipinski definition) is 4. The summed E-state index contributed by atoms with van der Waals surface area (Å²) in [5.74, 6) is -0.719. The fraction of sp³-hybridized carbons (Fsp3) is 0.373. The molecule has 1 unspecified atom stereocenters. The molecule has 19 heteroatoms. The lowest BCUT2D eigenvalue weighted by Gasteiger charge is -2.35. The fourth-order valence-corrected chi connectivity index (χ4v) is 9.72. The quantitative estimate of drug-likeness (QED) is 0.0712. The van der Waals surface area contributed by atoms with Crippen LogP contribution in [0.5, 0.6) is 17.2 Å². The van der Waals surface area contributed by atoms with Crippen molar-refractivity contribution in [2.45, 2.75) is 78.0 Å². The highest BCUT2D eigenvalue weighted by molar-refractivity contribution is 6.36. The Balaban J connectivity index is 0.801. The minimum Gasteiger partial charge on any atom is -0.508 e. The van der Waals surface area contributed by atoms with E-state index in [1.807, 2.05) is 65.7 Å². The number of halogens is 3. The van der Waals surface area contributed by atoms with Crippen LogP contribution in [0.2, 0.25) is 10.0 Å². The highest BCUT2D eigenvalue weighted by Crippen LogP contribution is 2.43. The van der Waals surface area contributed by atoms with Crippen LogP contribution in [0, 0.1) is 5.82 Å². The van der Waals surface area contributed by atoms with Gasteiger partial charge in [0.15, 0.2) is 23.0 Å². The Hall–Kier alpha value is -6.69. The van der Waals surface area contributed by atoms with Crippen molar-refractivity contribution in [3.8, 4) is 50.8 Å². The molecule has 6 aromatic rings. The SMILES string of the molecule is CCNC(=O)c1noc(-c2cc(C(C)C)c(O)cc2O)c1-c1ccc(CN2CCN(C(=O)CCC(=O)N3CCC(n4cc(-c5cnc(N)c(OC(C)c6c(Cl)ccc(F)c6Cl)c5)cn4)CC3)CC2)cc1. The smallest absolute Gasteiger partial charge is 0.274 e. The van der Waals surface area contributed by atoms with Crippen LogP contribution in [0.4, 0.5) is 10.2 Å². The molecule has 0 bridgehead atoms. The molecule has 3 aromatic heterocycles. The van der Waals surface area contributed by atoms with Gasteiger partial charge in [-0.25, -0.2) is 9.37 Å². The molecule has 0 radical (unpaired) electrons. The van der Waals surface area contributed by atoms with Gasteiger partial charge >= 0.3 is 0 Å². The van der Waals surface area contributed by atoms with E-state index in [2.05, 4.69) is 25.5 Å². The van der Waals surface area contributed by atoms with Crippen LogP contribution in [-0.4, -0.2) is 108 Å². The fourth-order valence-electron chi connectivity index (χ4n) is 9.04. The van der Waals surface area contributed by atoms with Gasteiger partial charge in [-0.2, -0.15) is 5.10 Å². The molecule has 3 aromatic carbocycles. The number of benzene rings is 3. The number of piperidine rings is 1. The zero-order valence-corrected chi connectivity index (χ0v) is 40.9. The van der Waals surface area contributed by atoms with Crippen molar-refractivity contribution >= 4 is 46.7 Å². The summed E-state index contributed by atoms with van der Waals surface area (Å²) in [5, 5.41) is 33.0. The van der Waals surface area contributed by atoms with Crippen molar-refractivity contribution in [2.24, 2.45) is 0 Å². The van der Waals surface area contributed by atoms with Gasteiger partial charge in [0.2, 0.25) is 11.8 Å². The molecular weight excluding hydrogens is 941 g/mol. The third-order valence-electron chi connectivity index (χ3n) is 13.0. The molecular formula is C51H56Cl2FN9O7. The van der Waals surface area contributed by atoms with Gasteiger partial charge in [0.05, 0.1) is 28.4 Å². The highest BCUT2D eigenvalue weighted by atomic mass is 35.5. The van der Waals surface area contributed by atoms with Gasteiger partial charge in [0.25, 0.3) is 5.91 Å². The zero-order chi connectivity index (χ0) is 49.8. The van der Waals surface area contributed by atoms with Crippen LogP contribution in [-0.2, 0) is 16.1 Å². The minimum absolute atomic E-state index is 0.0353. The van der Waals surface area contributed by atoms with Crippen LogP contribution in [0.15, 0.2) is 77.7 Å². The van der Waals surface area contributed by atoms with Crippen molar-refractivity contribution in [3.05, 3.63) is 111 Å². The van der Waals surface area contributed by atoms with Crippen LogP contribution in [0.3, 0.4) is 0 Å². The monoisotopic (exact) mass is 995 g/mol. The molecule has 0 aliphatic carbocycles. The summed E-state index contributed by atoms with van der Waals surface area (Å²) in [6.07, 6.45) is 6.27. The van der Waals surface area contributed by atoms with Gasteiger partial charge in [-0.15, -0.1) is 0 Å². The number of aromatic hydroxyl groups is 2. The molecule has 0 spiro atoms. The zero-order valence-electron chi connectivity index (χ0n) is 39.4. The average molecular weight is 997 g/mol. The molecule has 2 fully saturated rings. The number of likely N-dealkylation sites (tertiary alicyclic amines) is 1. The molecule has 5 heterocycles. The Bertz CT molecular complexity index is 2870. The van der Waals surface area contributed by atoms with Crippen LogP contribution >= 0.6 is 23.2 Å². The summed E-state index contributed by atoms with van der Waals surface area (Å²) in [6.45, 7) is 11.9. The number of carbonyl (C=O) groups is 3. The van der Waals surface area contributed by atoms with E-state index >= 15 is 0 Å². The third kappa shape index (κ3) is 10.9. The number of amides is 3. The minimum atomic E-state index is -0.719. The largest absolute Gasteiger partial charge is 0.508 e. The molecule has 1 atom stereocenters. The molecule has 16 nitrogen and oxygen atoms in total. The summed E-state index contributed by atoms with van der Waals surface area (Å²) < 4.78 is 27.9. The maximum atomic E-state index is 14.2. The molecule has 3 amide bonds. The lowest BCUT2D eigenvalue weighted by atomic mass is 9.94. The second-order valence-electron chi connectivity index (χ2n) is 18.0. The van der Waals surface area contributed by atoms with Crippen LogP contribution in [0.1, 0.15) is 98.6 Å². The van der Waals surface area contributed by atoms with E-state index in [9.17, 15) is 29.0 Å². The normalized spacial score (nSPS) is 15.1. The summed E-state index contributed by atoms with van der Waals surface area (Å²) >= 11 is 12.5. The van der Waals surface area contributed by atoms with Gasteiger partial charge in [-0.05, 0) is 73.6 Å². The molecule has 70 heavy (non-hydrogen) atoms. The van der Waals surface area contributed by atoms with Crippen molar-refractivity contribution < 1.29 is 38.2 Å². The summed E-state index contributed by atoms with van der Waals surface area (Å²) in [4.78, 5) is 49.9. The highest BCUT2D eigenvalue weighted by Gasteiger charge is 2.29. The maximum absolute atomic E-state index is 14.2. The number of piperazine rings is 1. The van der Waals surface area contributed by atoms with Gasteiger partial charge < -0.3 is 40.3 Å². The topological polar surface area (TPSA) is 205 Å². The van der Waals surface area contributed by atoms with E-state index in [0.717, 1.165) is 11.1 Å². The average Bonchev–Trinajstić information content (AvgIpc) is 4.02. The third-order valence-corrected chi connectivity index (χ3v) is 13.7. The number of nitrogen functional groups attached to an aromatic ring is 1. The van der Waals surface area contributed by atoms with E-state index < -0.39 is 17.8 Å². The number of nitrogens with two attached hydrogens (primary N) is 1. The number of hydrogen-bond acceptors (Lipinski definition) is 12. The van der Waals surface area contributed by atoms with Gasteiger partial charge in [-0.1, -0.05) is 66.5 Å². The Morgan fingerprint density at radius 1 is 0.886 bits per heavy atom. The van der Waals surface area contributed by atoms with E-state index in [1.165, 1.54) is 18.2 Å². The number of aromatic nitrogens is 4. The van der Waals surface area contributed by atoms with Crippen molar-refractivity contribution in [2.75, 3.05) is 51.5 Å². The predicted octanol–water partition coefficient (Wildman–Crippen LogP) is 9.01. The Labute approximate surface area is 415 Å². The standard InChI is InChI=1S/C51H56Cl2FN9O7/c1-5-56-51(68)48-46(49(70-59-48)37-23-36(29(2)3)40(64)24-41(37)65)32-8-6-31(7-9-32)27-60-18-20-62(21-19-60)44(67)13-12-43(66)61-16-14-35(15-17-61)63-28-34(26-58-63)33-22-42(50(55)57-25-33)69-30(4)45-38(52)10-11-39(54)47(45)53/h6-11,22-26,28-30,35,64-65H,5,12-21,27H2,1-4H3,(H2,55,57)(H,56,68). The van der Waals surface area contributed by atoms with E-state index in [1.54, 1.807) is 31.5 Å². The number of anilines is 1. The van der Waals surface area contributed by atoms with Crippen molar-refractivity contribution in [1.29, 1.82) is 0 Å². The summed E-state index contributed by atoms with van der Waals surface area (Å²) in [7, 11) is 0. The molecule has 5 N–H and O–H groups in total. The number of phenols is 2. The second kappa shape index (κ2) is 21.5. The van der Waals surface area contributed by atoms with E-state index in [-0.39, 0.29) is 81.2 Å². The number of ether oxygens (including phenoxy) is 1. The van der Waals surface area contributed by atoms with Gasteiger partial charge in [0.1, 0.15) is 23.4 Å². The lowest BCUT2D eigenvalue weighted by Crippen LogP contribution is -2.48. The number of pyridine rings is 1. The molecule has 2 aliphatic heterocycles. The number of nitrogens with one attached hydrogen (secondary N) is 1. The van der Waals surface area contributed by atoms with Crippen molar-refractivity contribution in [3.63, 3.8) is 0 Å². The van der Waals surface area contributed by atoms with Gasteiger partial charge in [-0.3, -0.25) is 24.0 Å². The number of rotatable bonds is 15. The number of nitrogens with zero attached hydrogens (tertiary/aromatic N) is 7. The first-order valence-corrected chi connectivity index (χ1v) is 24.2. The summed E-state index contributed by atoms with van der Waals surface area (Å²) in [6, 6.07) is 15.1. The van der Waals surface area contributed by atoms with Crippen LogP contribution < -0.4 is 15.8 Å². The molecule has 2 saturated heterocycles. The first-order valence-electron chi connectivity index (χ1n) is 23.4.